The summed E-state index contributed by atoms with van der Waals surface area (Å²) in [6.07, 6.45) is 3.45. The molecule has 0 amide bonds. The Labute approximate surface area is 160 Å². The highest BCUT2D eigenvalue weighted by atomic mass is 32.2. The van der Waals surface area contributed by atoms with Gasteiger partial charge >= 0.3 is 0 Å². The molecule has 144 valence electrons. The molecule has 2 fully saturated rings. The number of morpholine rings is 1. The van der Waals surface area contributed by atoms with Gasteiger partial charge in [-0.1, -0.05) is 23.8 Å². The molecule has 6 nitrogen and oxygen atoms in total. The summed E-state index contributed by atoms with van der Waals surface area (Å²) < 4.78 is 33.7. The molecule has 0 spiro atoms. The maximum Gasteiger partial charge on any atom is 0.243 e. The Morgan fingerprint density at radius 1 is 1.07 bits per heavy atom. The molecule has 0 N–H and O–H groups in total. The van der Waals surface area contributed by atoms with E-state index in [4.69, 9.17) is 4.74 Å². The molecule has 2 saturated heterocycles. The molecule has 0 saturated carbocycles. The summed E-state index contributed by atoms with van der Waals surface area (Å²) >= 11 is 0. The van der Waals surface area contributed by atoms with Crippen LogP contribution in [0.25, 0.3) is 0 Å². The fraction of sp³-hybridized carbons (Fsp3) is 0.450. The van der Waals surface area contributed by atoms with Gasteiger partial charge in [-0.05, 0) is 38.0 Å². The third-order valence-corrected chi connectivity index (χ3v) is 7.24. The fourth-order valence-corrected chi connectivity index (χ4v) is 5.57. The molecular weight excluding hydrogens is 362 g/mol. The van der Waals surface area contributed by atoms with Crippen molar-refractivity contribution in [2.24, 2.45) is 0 Å². The van der Waals surface area contributed by atoms with Crippen LogP contribution in [0.15, 0.2) is 47.5 Å². The van der Waals surface area contributed by atoms with E-state index in [0.717, 1.165) is 42.9 Å². The van der Waals surface area contributed by atoms with E-state index in [0.29, 0.717) is 24.7 Å². The van der Waals surface area contributed by atoms with E-state index in [1.165, 1.54) is 0 Å². The lowest BCUT2D eigenvalue weighted by atomic mass is 10.1. The molecule has 2 aliphatic heterocycles. The minimum atomic E-state index is -3.54. The Balaban J connectivity index is 1.69. The maximum atomic E-state index is 13.3. The minimum Gasteiger partial charge on any atom is -0.378 e. The number of ether oxygens (including phenoxy) is 1. The van der Waals surface area contributed by atoms with E-state index in [-0.39, 0.29) is 6.04 Å². The Hall–Kier alpha value is -1.96. The third kappa shape index (κ3) is 3.59. The zero-order valence-corrected chi connectivity index (χ0v) is 16.4. The summed E-state index contributed by atoms with van der Waals surface area (Å²) in [6, 6.07) is 10.8. The van der Waals surface area contributed by atoms with Crippen molar-refractivity contribution in [1.29, 1.82) is 0 Å². The third-order valence-electron chi connectivity index (χ3n) is 5.32. The summed E-state index contributed by atoms with van der Waals surface area (Å²) in [5, 5.41) is 0. The van der Waals surface area contributed by atoms with Gasteiger partial charge in [0.25, 0.3) is 0 Å². The molecule has 1 atom stereocenters. The highest BCUT2D eigenvalue weighted by molar-refractivity contribution is 7.89. The maximum absolute atomic E-state index is 13.3. The smallest absolute Gasteiger partial charge is 0.243 e. The topological polar surface area (TPSA) is 62.7 Å². The standard InChI is InChI=1S/C20H25N3O3S/c1-16-6-8-17(9-7-16)27(24,25)23-11-3-5-19(23)18-4-2-10-21-20(18)22-12-14-26-15-13-22/h2,4,6-10,19H,3,5,11-15H2,1H3. The molecule has 1 aromatic carbocycles. The van der Waals surface area contributed by atoms with Gasteiger partial charge in [0.1, 0.15) is 5.82 Å². The van der Waals surface area contributed by atoms with Crippen molar-refractivity contribution < 1.29 is 13.2 Å². The van der Waals surface area contributed by atoms with Crippen LogP contribution in [0.2, 0.25) is 0 Å². The van der Waals surface area contributed by atoms with Crippen molar-refractivity contribution in [2.45, 2.75) is 30.7 Å². The molecular formula is C20H25N3O3S. The average molecular weight is 388 g/mol. The molecule has 2 aromatic rings. The lowest BCUT2D eigenvalue weighted by Gasteiger charge is -2.32. The van der Waals surface area contributed by atoms with Crippen LogP contribution in [0, 0.1) is 6.92 Å². The number of nitrogens with zero attached hydrogens (tertiary/aromatic N) is 3. The molecule has 3 heterocycles. The van der Waals surface area contributed by atoms with Crippen LogP contribution in [0.4, 0.5) is 5.82 Å². The quantitative estimate of drug-likeness (QED) is 0.807. The van der Waals surface area contributed by atoms with Gasteiger partial charge in [0, 0.05) is 31.4 Å². The van der Waals surface area contributed by atoms with Crippen molar-refractivity contribution >= 4 is 15.8 Å². The van der Waals surface area contributed by atoms with Crippen LogP contribution >= 0.6 is 0 Å². The lowest BCUT2D eigenvalue weighted by molar-refractivity contribution is 0.122. The van der Waals surface area contributed by atoms with Gasteiger partial charge in [0.15, 0.2) is 0 Å². The van der Waals surface area contributed by atoms with Gasteiger partial charge < -0.3 is 9.64 Å². The number of sulfonamides is 1. The second-order valence-corrected chi connectivity index (χ2v) is 8.99. The highest BCUT2D eigenvalue weighted by Crippen LogP contribution is 2.39. The summed E-state index contributed by atoms with van der Waals surface area (Å²) in [5.74, 6) is 0.886. The Bertz CT molecular complexity index is 893. The number of hydrogen-bond donors (Lipinski definition) is 0. The Morgan fingerprint density at radius 2 is 1.81 bits per heavy atom. The molecule has 0 radical (unpaired) electrons. The molecule has 4 rings (SSSR count). The minimum absolute atomic E-state index is 0.178. The first kappa shape index (κ1) is 18.4. The Morgan fingerprint density at radius 3 is 2.56 bits per heavy atom. The second-order valence-electron chi connectivity index (χ2n) is 7.10. The molecule has 0 aliphatic carbocycles. The van der Waals surface area contributed by atoms with Crippen molar-refractivity contribution in [3.63, 3.8) is 0 Å². The van der Waals surface area contributed by atoms with Crippen LogP contribution in [-0.4, -0.2) is 50.6 Å². The number of pyridine rings is 1. The van der Waals surface area contributed by atoms with Gasteiger partial charge in [-0.2, -0.15) is 4.31 Å². The molecule has 1 unspecified atom stereocenters. The van der Waals surface area contributed by atoms with Gasteiger partial charge in [-0.25, -0.2) is 13.4 Å². The van der Waals surface area contributed by atoms with E-state index < -0.39 is 10.0 Å². The van der Waals surface area contributed by atoms with E-state index in [1.54, 1.807) is 22.6 Å². The van der Waals surface area contributed by atoms with Crippen LogP contribution in [0.5, 0.6) is 0 Å². The number of anilines is 1. The summed E-state index contributed by atoms with van der Waals surface area (Å²) in [6.45, 7) is 5.40. The predicted octanol–water partition coefficient (Wildman–Crippen LogP) is 2.75. The zero-order valence-electron chi connectivity index (χ0n) is 15.5. The largest absolute Gasteiger partial charge is 0.378 e. The van der Waals surface area contributed by atoms with E-state index >= 15 is 0 Å². The van der Waals surface area contributed by atoms with Crippen molar-refractivity contribution in [3.8, 4) is 0 Å². The van der Waals surface area contributed by atoms with Crippen LogP contribution in [0.1, 0.15) is 30.0 Å². The number of rotatable bonds is 4. The first-order valence-electron chi connectivity index (χ1n) is 9.43. The normalized spacial score (nSPS) is 21.5. The SMILES string of the molecule is Cc1ccc(S(=O)(=O)N2CCCC2c2cccnc2N2CCOCC2)cc1. The van der Waals surface area contributed by atoms with Crippen LogP contribution in [-0.2, 0) is 14.8 Å². The van der Waals surface area contributed by atoms with Crippen molar-refractivity contribution in [2.75, 3.05) is 37.7 Å². The van der Waals surface area contributed by atoms with Crippen molar-refractivity contribution in [1.82, 2.24) is 9.29 Å². The summed E-state index contributed by atoms with van der Waals surface area (Å²) in [5.41, 5.74) is 2.04. The average Bonchev–Trinajstić information content (AvgIpc) is 3.20. The molecule has 27 heavy (non-hydrogen) atoms. The van der Waals surface area contributed by atoms with E-state index in [1.807, 2.05) is 31.2 Å². The van der Waals surface area contributed by atoms with E-state index in [2.05, 4.69) is 9.88 Å². The monoisotopic (exact) mass is 387 g/mol. The summed E-state index contributed by atoms with van der Waals surface area (Å²) in [7, 11) is -3.54. The molecule has 1 aromatic heterocycles. The molecule has 7 heteroatoms. The fourth-order valence-electron chi connectivity index (χ4n) is 3.89. The zero-order chi connectivity index (χ0) is 18.9. The van der Waals surface area contributed by atoms with Gasteiger partial charge in [-0.15, -0.1) is 0 Å². The van der Waals surface area contributed by atoms with Crippen LogP contribution < -0.4 is 4.90 Å². The first-order valence-corrected chi connectivity index (χ1v) is 10.9. The van der Waals surface area contributed by atoms with Gasteiger partial charge in [0.2, 0.25) is 10.0 Å². The molecule has 2 aliphatic rings. The van der Waals surface area contributed by atoms with Crippen molar-refractivity contribution in [3.05, 3.63) is 53.7 Å². The van der Waals surface area contributed by atoms with Gasteiger partial charge in [0.05, 0.1) is 24.2 Å². The van der Waals surface area contributed by atoms with Crippen LogP contribution in [0.3, 0.4) is 0 Å². The number of hydrogen-bond acceptors (Lipinski definition) is 5. The highest BCUT2D eigenvalue weighted by Gasteiger charge is 2.38. The van der Waals surface area contributed by atoms with Gasteiger partial charge in [-0.3, -0.25) is 0 Å². The number of benzene rings is 1. The lowest BCUT2D eigenvalue weighted by Crippen LogP contribution is -2.38. The predicted molar refractivity (Wildman–Crippen MR) is 104 cm³/mol. The second kappa shape index (κ2) is 7.58. The molecule has 0 bridgehead atoms. The number of aromatic nitrogens is 1. The number of aryl methyl sites for hydroxylation is 1. The first-order chi connectivity index (χ1) is 13.1. The summed E-state index contributed by atoms with van der Waals surface area (Å²) in [4.78, 5) is 7.16. The van der Waals surface area contributed by atoms with E-state index in [9.17, 15) is 8.42 Å². The Kier molecular flexibility index (Phi) is 5.16.